The summed E-state index contributed by atoms with van der Waals surface area (Å²) in [6.45, 7) is 7.38. The van der Waals surface area contributed by atoms with E-state index in [9.17, 15) is 8.42 Å². The van der Waals surface area contributed by atoms with E-state index in [0.29, 0.717) is 13.1 Å². The van der Waals surface area contributed by atoms with Crippen LogP contribution in [0.15, 0.2) is 6.07 Å². The molecule has 3 rings (SSSR count). The van der Waals surface area contributed by atoms with E-state index < -0.39 is 10.0 Å². The summed E-state index contributed by atoms with van der Waals surface area (Å²) in [5, 5.41) is 3.35. The van der Waals surface area contributed by atoms with Gasteiger partial charge in [0.1, 0.15) is 11.6 Å². The number of sulfonamides is 1. The third-order valence-corrected chi connectivity index (χ3v) is 5.39. The fraction of sp³-hybridized carbons (Fsp3) is 0.714. The Morgan fingerprint density at radius 3 is 2.64 bits per heavy atom. The molecule has 7 nitrogen and oxygen atoms in total. The standard InChI is InChI=1S/C14H22N4O3S/c1-10-4-12(15-7-14(2)8-21-9-14)17-13(16-10)11-5-18(6-11)22(3,19)20/h4,11H,5-9H2,1-3H3,(H,15,16,17). The van der Waals surface area contributed by atoms with E-state index in [2.05, 4.69) is 22.2 Å². The first kappa shape index (κ1) is 15.6. The molecule has 0 spiro atoms. The lowest BCUT2D eigenvalue weighted by Gasteiger charge is -2.38. The normalized spacial score (nSPS) is 22.0. The fourth-order valence-corrected chi connectivity index (χ4v) is 3.49. The van der Waals surface area contributed by atoms with Crippen molar-refractivity contribution in [2.75, 3.05) is 44.4 Å². The molecule has 0 radical (unpaired) electrons. The molecule has 2 saturated heterocycles. The van der Waals surface area contributed by atoms with E-state index in [0.717, 1.165) is 37.1 Å². The minimum Gasteiger partial charge on any atom is -0.380 e. The number of aryl methyl sites for hydroxylation is 1. The molecular formula is C14H22N4O3S. The van der Waals surface area contributed by atoms with Crippen LogP contribution in [0, 0.1) is 12.3 Å². The lowest BCUT2D eigenvalue weighted by atomic mass is 9.89. The Hall–Kier alpha value is -1.25. The van der Waals surface area contributed by atoms with Crippen LogP contribution in [-0.4, -0.2) is 61.8 Å². The molecule has 0 atom stereocenters. The Morgan fingerprint density at radius 2 is 2.09 bits per heavy atom. The van der Waals surface area contributed by atoms with Crippen LogP contribution in [0.4, 0.5) is 5.82 Å². The molecule has 0 unspecified atom stereocenters. The average Bonchev–Trinajstić information content (AvgIpc) is 2.30. The number of hydrogen-bond acceptors (Lipinski definition) is 6. The monoisotopic (exact) mass is 326 g/mol. The van der Waals surface area contributed by atoms with Crippen molar-refractivity contribution >= 4 is 15.8 Å². The van der Waals surface area contributed by atoms with Crippen LogP contribution in [-0.2, 0) is 14.8 Å². The number of hydrogen-bond donors (Lipinski definition) is 1. The van der Waals surface area contributed by atoms with Gasteiger partial charge in [-0.05, 0) is 6.92 Å². The van der Waals surface area contributed by atoms with Crippen molar-refractivity contribution in [2.24, 2.45) is 5.41 Å². The Labute approximate surface area is 131 Å². The number of nitrogens with one attached hydrogen (secondary N) is 1. The molecule has 1 N–H and O–H groups in total. The SMILES string of the molecule is Cc1cc(NCC2(C)COC2)nc(C2CN(S(C)(=O)=O)C2)n1. The lowest BCUT2D eigenvalue weighted by Crippen LogP contribution is -2.48. The summed E-state index contributed by atoms with van der Waals surface area (Å²) in [4.78, 5) is 9.00. The predicted octanol–water partition coefficient (Wildman–Crippen LogP) is 0.592. The Bertz CT molecular complexity index is 667. The molecule has 122 valence electrons. The zero-order valence-corrected chi connectivity index (χ0v) is 14.0. The van der Waals surface area contributed by atoms with E-state index in [4.69, 9.17) is 4.74 Å². The summed E-state index contributed by atoms with van der Waals surface area (Å²) in [5.41, 5.74) is 1.06. The summed E-state index contributed by atoms with van der Waals surface area (Å²) in [7, 11) is -3.10. The van der Waals surface area contributed by atoms with Crippen LogP contribution in [0.3, 0.4) is 0 Å². The van der Waals surface area contributed by atoms with Gasteiger partial charge >= 0.3 is 0 Å². The van der Waals surface area contributed by atoms with Crippen molar-refractivity contribution in [1.82, 2.24) is 14.3 Å². The molecule has 0 amide bonds. The molecule has 2 fully saturated rings. The third kappa shape index (κ3) is 3.23. The first-order valence-corrected chi connectivity index (χ1v) is 9.22. The molecule has 0 bridgehead atoms. The molecule has 0 aromatic carbocycles. The lowest BCUT2D eigenvalue weighted by molar-refractivity contribution is -0.0924. The Morgan fingerprint density at radius 1 is 1.41 bits per heavy atom. The molecule has 3 heterocycles. The number of rotatable bonds is 5. The van der Waals surface area contributed by atoms with Gasteiger partial charge in [-0.2, -0.15) is 0 Å². The van der Waals surface area contributed by atoms with Gasteiger partial charge < -0.3 is 10.1 Å². The van der Waals surface area contributed by atoms with Gasteiger partial charge in [-0.3, -0.25) is 0 Å². The maximum atomic E-state index is 11.4. The molecule has 0 saturated carbocycles. The highest BCUT2D eigenvalue weighted by Crippen LogP contribution is 2.29. The Kier molecular flexibility index (Phi) is 3.86. The first-order valence-electron chi connectivity index (χ1n) is 7.38. The first-order chi connectivity index (χ1) is 10.3. The molecule has 1 aromatic heterocycles. The van der Waals surface area contributed by atoms with Crippen molar-refractivity contribution < 1.29 is 13.2 Å². The van der Waals surface area contributed by atoms with Crippen molar-refractivity contribution in [3.63, 3.8) is 0 Å². The van der Waals surface area contributed by atoms with Gasteiger partial charge in [-0.25, -0.2) is 22.7 Å². The largest absolute Gasteiger partial charge is 0.380 e. The van der Waals surface area contributed by atoms with Crippen LogP contribution in [0.2, 0.25) is 0 Å². The van der Waals surface area contributed by atoms with Gasteiger partial charge in [0, 0.05) is 42.7 Å². The van der Waals surface area contributed by atoms with Crippen molar-refractivity contribution in [3.8, 4) is 0 Å². The third-order valence-electron chi connectivity index (χ3n) is 4.15. The Balaban J connectivity index is 1.66. The van der Waals surface area contributed by atoms with E-state index >= 15 is 0 Å². The summed E-state index contributed by atoms with van der Waals surface area (Å²) in [6, 6.07) is 1.92. The van der Waals surface area contributed by atoms with E-state index in [1.165, 1.54) is 10.6 Å². The maximum Gasteiger partial charge on any atom is 0.211 e. The minimum absolute atomic E-state index is 0.0813. The molecule has 22 heavy (non-hydrogen) atoms. The second kappa shape index (κ2) is 5.43. The van der Waals surface area contributed by atoms with Crippen LogP contribution in [0.5, 0.6) is 0 Å². The molecule has 0 aliphatic carbocycles. The smallest absolute Gasteiger partial charge is 0.211 e. The van der Waals surface area contributed by atoms with Gasteiger partial charge in [-0.1, -0.05) is 6.92 Å². The molecular weight excluding hydrogens is 304 g/mol. The number of nitrogens with zero attached hydrogens (tertiary/aromatic N) is 3. The van der Waals surface area contributed by atoms with Gasteiger partial charge in [0.15, 0.2) is 0 Å². The minimum atomic E-state index is -3.10. The summed E-state index contributed by atoms with van der Waals surface area (Å²) in [5.74, 6) is 1.60. The number of anilines is 1. The van der Waals surface area contributed by atoms with Gasteiger partial charge in [0.2, 0.25) is 10.0 Å². The maximum absolute atomic E-state index is 11.4. The van der Waals surface area contributed by atoms with Gasteiger partial charge in [0.25, 0.3) is 0 Å². The molecule has 2 aliphatic rings. The molecule has 2 aliphatic heterocycles. The average molecular weight is 326 g/mol. The van der Waals surface area contributed by atoms with Crippen molar-refractivity contribution in [1.29, 1.82) is 0 Å². The van der Waals surface area contributed by atoms with Crippen LogP contribution in [0.25, 0.3) is 0 Å². The van der Waals surface area contributed by atoms with Crippen molar-refractivity contribution in [2.45, 2.75) is 19.8 Å². The van der Waals surface area contributed by atoms with Gasteiger partial charge in [-0.15, -0.1) is 0 Å². The summed E-state index contributed by atoms with van der Waals surface area (Å²) in [6.07, 6.45) is 1.23. The quantitative estimate of drug-likeness (QED) is 0.853. The van der Waals surface area contributed by atoms with Crippen LogP contribution >= 0.6 is 0 Å². The second-order valence-electron chi connectivity index (χ2n) is 6.69. The van der Waals surface area contributed by atoms with Crippen molar-refractivity contribution in [3.05, 3.63) is 17.6 Å². The van der Waals surface area contributed by atoms with E-state index in [1.54, 1.807) is 0 Å². The van der Waals surface area contributed by atoms with E-state index in [1.807, 2.05) is 13.0 Å². The highest BCUT2D eigenvalue weighted by atomic mass is 32.2. The van der Waals surface area contributed by atoms with Crippen LogP contribution < -0.4 is 5.32 Å². The molecule has 8 heteroatoms. The zero-order chi connectivity index (χ0) is 16.0. The summed E-state index contributed by atoms with van der Waals surface area (Å²) < 4.78 is 29.6. The summed E-state index contributed by atoms with van der Waals surface area (Å²) >= 11 is 0. The number of ether oxygens (including phenoxy) is 1. The van der Waals surface area contributed by atoms with Crippen LogP contribution in [0.1, 0.15) is 24.4 Å². The second-order valence-corrected chi connectivity index (χ2v) is 8.67. The fourth-order valence-electron chi connectivity index (χ4n) is 2.59. The predicted molar refractivity (Wildman–Crippen MR) is 83.3 cm³/mol. The van der Waals surface area contributed by atoms with E-state index in [-0.39, 0.29) is 11.3 Å². The molecule has 1 aromatic rings. The highest BCUT2D eigenvalue weighted by Gasteiger charge is 2.36. The highest BCUT2D eigenvalue weighted by molar-refractivity contribution is 7.88. The topological polar surface area (TPSA) is 84.4 Å². The van der Waals surface area contributed by atoms with Gasteiger partial charge in [0.05, 0.1) is 19.5 Å². The zero-order valence-electron chi connectivity index (χ0n) is 13.2. The number of aromatic nitrogens is 2.